The van der Waals surface area contributed by atoms with Gasteiger partial charge in [0.25, 0.3) is 5.91 Å². The Bertz CT molecular complexity index is 884. The maximum atomic E-state index is 11.2. The van der Waals surface area contributed by atoms with E-state index in [1.165, 1.54) is 24.6 Å². The Morgan fingerprint density at radius 3 is 2.90 bits per heavy atom. The van der Waals surface area contributed by atoms with Crippen molar-refractivity contribution in [2.45, 2.75) is 25.9 Å². The van der Waals surface area contributed by atoms with Gasteiger partial charge in [0, 0.05) is 44.4 Å². The largest absolute Gasteiger partial charge is 0.365 e. The van der Waals surface area contributed by atoms with Gasteiger partial charge >= 0.3 is 0 Å². The highest BCUT2D eigenvalue weighted by atomic mass is 16.5. The van der Waals surface area contributed by atoms with Gasteiger partial charge in [0.2, 0.25) is 5.91 Å². The van der Waals surface area contributed by atoms with Gasteiger partial charge in [-0.25, -0.2) is 10.5 Å². The molecule has 152 valence electrons. The monoisotopic (exact) mass is 396 g/mol. The maximum absolute atomic E-state index is 11.2. The summed E-state index contributed by atoms with van der Waals surface area (Å²) in [5.74, 6) is -0.0252. The summed E-state index contributed by atoms with van der Waals surface area (Å²) in [6, 6.07) is 8.15. The zero-order chi connectivity index (χ0) is 20.6. The standard InChI is InChI=1S/C20H24N6O3/c1-14(27)23-16-4-2-3-15(9-16)12-26-8-7-18(13-26)24-19-11-21-17(10-22-19)5-6-20(28)25-29/h2-6,9-11,18,29H,7-8,12-13H2,1H3,(H,22,24)(H,23,27)(H,25,28)/t18-/m1/s1. The number of benzene rings is 1. The second kappa shape index (κ2) is 9.76. The number of hydrogen-bond acceptors (Lipinski definition) is 7. The molecule has 1 aliphatic heterocycles. The summed E-state index contributed by atoms with van der Waals surface area (Å²) in [4.78, 5) is 33.1. The van der Waals surface area contributed by atoms with Crippen molar-refractivity contribution in [2.24, 2.45) is 0 Å². The molecule has 2 heterocycles. The second-order valence-corrected chi connectivity index (χ2v) is 6.88. The molecule has 1 atom stereocenters. The van der Waals surface area contributed by atoms with Crippen molar-refractivity contribution in [2.75, 3.05) is 23.7 Å². The molecule has 0 radical (unpaired) electrons. The third-order valence-corrected chi connectivity index (χ3v) is 4.47. The Labute approximate surface area is 168 Å². The first-order chi connectivity index (χ1) is 14.0. The number of carbonyl (C=O) groups is 2. The minimum atomic E-state index is -0.623. The van der Waals surface area contributed by atoms with Crippen LogP contribution in [0.15, 0.2) is 42.7 Å². The minimum absolute atomic E-state index is 0.0770. The van der Waals surface area contributed by atoms with Crippen LogP contribution in [0.1, 0.15) is 24.6 Å². The van der Waals surface area contributed by atoms with Crippen molar-refractivity contribution < 1.29 is 14.8 Å². The molecule has 1 aromatic carbocycles. The van der Waals surface area contributed by atoms with E-state index in [0.29, 0.717) is 11.5 Å². The highest BCUT2D eigenvalue weighted by Gasteiger charge is 2.22. The fourth-order valence-electron chi connectivity index (χ4n) is 3.21. The molecule has 0 bridgehead atoms. The normalized spacial score (nSPS) is 16.7. The first-order valence-corrected chi connectivity index (χ1v) is 9.31. The molecule has 0 unspecified atom stereocenters. The molecule has 1 saturated heterocycles. The van der Waals surface area contributed by atoms with Gasteiger partial charge < -0.3 is 10.6 Å². The van der Waals surface area contributed by atoms with E-state index in [2.05, 4.69) is 31.6 Å². The van der Waals surface area contributed by atoms with Gasteiger partial charge in [-0.15, -0.1) is 0 Å². The van der Waals surface area contributed by atoms with Gasteiger partial charge in [0.15, 0.2) is 0 Å². The van der Waals surface area contributed by atoms with Gasteiger partial charge in [-0.2, -0.15) is 0 Å². The Morgan fingerprint density at radius 1 is 1.31 bits per heavy atom. The molecule has 9 nitrogen and oxygen atoms in total. The lowest BCUT2D eigenvalue weighted by atomic mass is 10.2. The smallest absolute Gasteiger partial charge is 0.267 e. The van der Waals surface area contributed by atoms with Crippen LogP contribution in [0.2, 0.25) is 0 Å². The molecule has 0 spiro atoms. The van der Waals surface area contributed by atoms with E-state index in [1.807, 2.05) is 18.2 Å². The summed E-state index contributed by atoms with van der Waals surface area (Å²) in [5, 5.41) is 14.7. The SMILES string of the molecule is CC(=O)Nc1cccc(CN2CC[C@@H](Nc3cnc(C=CC(=O)NO)cn3)C2)c1. The molecule has 1 fully saturated rings. The topological polar surface area (TPSA) is 119 Å². The number of likely N-dealkylation sites (tertiary alicyclic amines) is 1. The lowest BCUT2D eigenvalue weighted by Crippen LogP contribution is -2.26. The number of aromatic nitrogens is 2. The quantitative estimate of drug-likeness (QED) is 0.319. The first-order valence-electron chi connectivity index (χ1n) is 9.31. The lowest BCUT2D eigenvalue weighted by Gasteiger charge is -2.17. The van der Waals surface area contributed by atoms with Crippen LogP contribution < -0.4 is 16.1 Å². The van der Waals surface area contributed by atoms with Gasteiger partial charge in [0.05, 0.1) is 18.1 Å². The molecule has 29 heavy (non-hydrogen) atoms. The minimum Gasteiger partial charge on any atom is -0.365 e. The van der Waals surface area contributed by atoms with Crippen molar-refractivity contribution in [3.8, 4) is 0 Å². The van der Waals surface area contributed by atoms with E-state index < -0.39 is 5.91 Å². The van der Waals surface area contributed by atoms with Crippen LogP contribution in [0.5, 0.6) is 0 Å². The number of amides is 2. The number of nitrogens with one attached hydrogen (secondary N) is 3. The second-order valence-electron chi connectivity index (χ2n) is 6.88. The van der Waals surface area contributed by atoms with Crippen molar-refractivity contribution in [3.05, 3.63) is 54.0 Å². The van der Waals surface area contributed by atoms with E-state index in [4.69, 9.17) is 5.21 Å². The van der Waals surface area contributed by atoms with Gasteiger partial charge in [-0.3, -0.25) is 24.7 Å². The van der Waals surface area contributed by atoms with Crippen LogP contribution in [-0.2, 0) is 16.1 Å². The van der Waals surface area contributed by atoms with E-state index in [-0.39, 0.29) is 11.9 Å². The Kier molecular flexibility index (Phi) is 6.88. The molecular weight excluding hydrogens is 372 g/mol. The van der Waals surface area contributed by atoms with Crippen molar-refractivity contribution in [1.82, 2.24) is 20.3 Å². The predicted octanol–water partition coefficient (Wildman–Crippen LogP) is 1.64. The predicted molar refractivity (Wildman–Crippen MR) is 109 cm³/mol. The van der Waals surface area contributed by atoms with E-state index in [9.17, 15) is 9.59 Å². The lowest BCUT2D eigenvalue weighted by molar-refractivity contribution is -0.124. The third-order valence-electron chi connectivity index (χ3n) is 4.47. The van der Waals surface area contributed by atoms with Gasteiger partial charge in [-0.1, -0.05) is 12.1 Å². The highest BCUT2D eigenvalue weighted by molar-refractivity contribution is 5.90. The Balaban J connectivity index is 1.50. The summed E-state index contributed by atoms with van der Waals surface area (Å²) in [7, 11) is 0. The van der Waals surface area contributed by atoms with Crippen LogP contribution in [0.3, 0.4) is 0 Å². The maximum Gasteiger partial charge on any atom is 0.267 e. The van der Waals surface area contributed by atoms with Gasteiger partial charge in [-0.05, 0) is 30.2 Å². The van der Waals surface area contributed by atoms with Crippen LogP contribution in [0.25, 0.3) is 6.08 Å². The molecule has 9 heteroatoms. The van der Waals surface area contributed by atoms with Crippen LogP contribution in [0.4, 0.5) is 11.5 Å². The number of hydrogen-bond donors (Lipinski definition) is 4. The summed E-state index contributed by atoms with van der Waals surface area (Å²) in [5.41, 5.74) is 4.00. The fraction of sp³-hybridized carbons (Fsp3) is 0.300. The Morgan fingerprint density at radius 2 is 2.17 bits per heavy atom. The zero-order valence-corrected chi connectivity index (χ0v) is 16.1. The summed E-state index contributed by atoms with van der Waals surface area (Å²) >= 11 is 0. The number of hydroxylamine groups is 1. The average Bonchev–Trinajstić information content (AvgIpc) is 3.13. The van der Waals surface area contributed by atoms with E-state index in [0.717, 1.165) is 37.3 Å². The first kappa shape index (κ1) is 20.4. The van der Waals surface area contributed by atoms with Crippen LogP contribution in [-0.4, -0.2) is 51.0 Å². The molecule has 0 saturated carbocycles. The molecule has 1 aliphatic rings. The van der Waals surface area contributed by atoms with Gasteiger partial charge in [0.1, 0.15) is 5.82 Å². The highest BCUT2D eigenvalue weighted by Crippen LogP contribution is 2.18. The molecule has 2 aromatic rings. The number of nitrogens with zero attached hydrogens (tertiary/aromatic N) is 3. The molecule has 0 aliphatic carbocycles. The van der Waals surface area contributed by atoms with Crippen molar-refractivity contribution in [1.29, 1.82) is 0 Å². The number of rotatable bonds is 7. The molecule has 2 amide bonds. The van der Waals surface area contributed by atoms with E-state index >= 15 is 0 Å². The fourth-order valence-corrected chi connectivity index (χ4v) is 3.21. The molecule has 3 rings (SSSR count). The molecular formula is C20H24N6O3. The van der Waals surface area contributed by atoms with E-state index in [1.54, 1.807) is 12.4 Å². The summed E-state index contributed by atoms with van der Waals surface area (Å²) in [6.07, 6.45) is 6.81. The van der Waals surface area contributed by atoms with Crippen molar-refractivity contribution in [3.63, 3.8) is 0 Å². The van der Waals surface area contributed by atoms with Crippen molar-refractivity contribution >= 4 is 29.4 Å². The Hall–Kier alpha value is -3.30. The van der Waals surface area contributed by atoms with Crippen LogP contribution in [0, 0.1) is 0 Å². The number of carbonyl (C=O) groups excluding carboxylic acids is 2. The molecule has 4 N–H and O–H groups in total. The summed E-state index contributed by atoms with van der Waals surface area (Å²) in [6.45, 7) is 4.16. The summed E-state index contributed by atoms with van der Waals surface area (Å²) < 4.78 is 0. The molecule has 1 aromatic heterocycles. The van der Waals surface area contributed by atoms with Crippen LogP contribution >= 0.6 is 0 Å². The number of anilines is 2. The third kappa shape index (κ3) is 6.37. The average molecular weight is 396 g/mol. The zero-order valence-electron chi connectivity index (χ0n) is 16.1.